The first kappa shape index (κ1) is 12.9. The average molecular weight is 234 g/mol. The Morgan fingerprint density at radius 3 is 2.82 bits per heavy atom. The first-order valence-electron chi connectivity index (χ1n) is 7.08. The van der Waals surface area contributed by atoms with Gasteiger partial charge in [0.25, 0.3) is 0 Å². The molecule has 2 fully saturated rings. The lowest BCUT2D eigenvalue weighted by Crippen LogP contribution is -2.63. The SMILES string of the molecule is C#CCCCCN1CC(C)(C2CC2)NCC1C. The molecule has 2 aliphatic rings. The summed E-state index contributed by atoms with van der Waals surface area (Å²) in [5.74, 6) is 3.65. The first-order chi connectivity index (χ1) is 8.15. The quantitative estimate of drug-likeness (QED) is 0.580. The summed E-state index contributed by atoms with van der Waals surface area (Å²) in [6, 6.07) is 0.674. The molecular weight excluding hydrogens is 208 g/mol. The average Bonchev–Trinajstić information content (AvgIpc) is 3.13. The lowest BCUT2D eigenvalue weighted by Gasteiger charge is -2.45. The van der Waals surface area contributed by atoms with E-state index in [1.807, 2.05) is 0 Å². The maximum Gasteiger partial charge on any atom is 0.0309 e. The van der Waals surface area contributed by atoms with E-state index in [9.17, 15) is 0 Å². The molecule has 0 amide bonds. The summed E-state index contributed by atoms with van der Waals surface area (Å²) >= 11 is 0. The highest BCUT2D eigenvalue weighted by Gasteiger charge is 2.44. The minimum Gasteiger partial charge on any atom is -0.308 e. The molecule has 1 saturated heterocycles. The van der Waals surface area contributed by atoms with Gasteiger partial charge >= 0.3 is 0 Å². The van der Waals surface area contributed by atoms with Gasteiger partial charge in [0.2, 0.25) is 0 Å². The van der Waals surface area contributed by atoms with Gasteiger partial charge in [0.15, 0.2) is 0 Å². The summed E-state index contributed by atoms with van der Waals surface area (Å²) in [6.07, 6.45) is 11.5. The van der Waals surface area contributed by atoms with Gasteiger partial charge in [0.05, 0.1) is 0 Å². The van der Waals surface area contributed by atoms with Gasteiger partial charge in [-0.15, -0.1) is 12.3 Å². The molecule has 2 unspecified atom stereocenters. The number of terminal acetylenes is 1. The van der Waals surface area contributed by atoms with Crippen LogP contribution in [0.25, 0.3) is 0 Å². The van der Waals surface area contributed by atoms with Crippen molar-refractivity contribution in [2.24, 2.45) is 5.92 Å². The minimum atomic E-state index is 0.374. The summed E-state index contributed by atoms with van der Waals surface area (Å²) in [5, 5.41) is 3.76. The zero-order valence-electron chi connectivity index (χ0n) is 11.3. The molecular formula is C15H26N2. The Hall–Kier alpha value is -0.520. The van der Waals surface area contributed by atoms with Crippen LogP contribution in [0.5, 0.6) is 0 Å². The number of nitrogens with one attached hydrogen (secondary N) is 1. The predicted octanol–water partition coefficient (Wildman–Crippen LogP) is 2.25. The Morgan fingerprint density at radius 1 is 1.41 bits per heavy atom. The zero-order valence-corrected chi connectivity index (χ0v) is 11.3. The predicted molar refractivity (Wildman–Crippen MR) is 72.9 cm³/mol. The van der Waals surface area contributed by atoms with Gasteiger partial charge in [-0.2, -0.15) is 0 Å². The number of nitrogens with zero attached hydrogens (tertiary/aromatic N) is 1. The molecule has 0 bridgehead atoms. The molecule has 1 aliphatic carbocycles. The second kappa shape index (κ2) is 5.42. The van der Waals surface area contributed by atoms with E-state index < -0.39 is 0 Å². The van der Waals surface area contributed by atoms with Crippen molar-refractivity contribution < 1.29 is 0 Å². The highest BCUT2D eigenvalue weighted by molar-refractivity contribution is 5.03. The van der Waals surface area contributed by atoms with Crippen molar-refractivity contribution in [3.8, 4) is 12.3 Å². The van der Waals surface area contributed by atoms with Crippen LogP contribution < -0.4 is 5.32 Å². The summed E-state index contributed by atoms with van der Waals surface area (Å²) in [4.78, 5) is 2.66. The Labute approximate surface area is 106 Å². The van der Waals surface area contributed by atoms with Crippen molar-refractivity contribution in [3.05, 3.63) is 0 Å². The molecule has 17 heavy (non-hydrogen) atoms. The fourth-order valence-corrected chi connectivity index (χ4v) is 2.98. The van der Waals surface area contributed by atoms with Crippen LogP contribution in [-0.2, 0) is 0 Å². The smallest absolute Gasteiger partial charge is 0.0309 e. The van der Waals surface area contributed by atoms with E-state index in [-0.39, 0.29) is 0 Å². The maximum atomic E-state index is 5.29. The number of unbranched alkanes of at least 4 members (excludes halogenated alkanes) is 2. The molecule has 0 radical (unpaired) electrons. The monoisotopic (exact) mass is 234 g/mol. The van der Waals surface area contributed by atoms with Gasteiger partial charge in [-0.05, 0) is 52.0 Å². The molecule has 2 nitrogen and oxygen atoms in total. The van der Waals surface area contributed by atoms with E-state index in [2.05, 4.69) is 30.0 Å². The number of rotatable bonds is 5. The van der Waals surface area contributed by atoms with Crippen LogP contribution in [0.15, 0.2) is 0 Å². The maximum absolute atomic E-state index is 5.29. The fraction of sp³-hybridized carbons (Fsp3) is 0.867. The molecule has 0 aromatic rings. The molecule has 0 spiro atoms. The molecule has 1 aliphatic heterocycles. The van der Waals surface area contributed by atoms with Gasteiger partial charge in [-0.25, -0.2) is 0 Å². The molecule has 96 valence electrons. The Bertz CT molecular complexity index is 290. The van der Waals surface area contributed by atoms with Gasteiger partial charge < -0.3 is 5.32 Å². The highest BCUT2D eigenvalue weighted by atomic mass is 15.2. The summed E-state index contributed by atoms with van der Waals surface area (Å²) in [7, 11) is 0. The summed E-state index contributed by atoms with van der Waals surface area (Å²) in [6.45, 7) is 8.31. The molecule has 1 heterocycles. The second-order valence-electron chi connectivity index (χ2n) is 6.05. The van der Waals surface area contributed by atoms with Gasteiger partial charge in [-0.3, -0.25) is 4.90 Å². The highest BCUT2D eigenvalue weighted by Crippen LogP contribution is 2.41. The van der Waals surface area contributed by atoms with Gasteiger partial charge in [-0.1, -0.05) is 0 Å². The first-order valence-corrected chi connectivity index (χ1v) is 7.08. The Morgan fingerprint density at radius 2 is 2.18 bits per heavy atom. The topological polar surface area (TPSA) is 15.3 Å². The normalized spacial score (nSPS) is 34.5. The van der Waals surface area contributed by atoms with Crippen LogP contribution in [0.2, 0.25) is 0 Å². The number of piperazine rings is 1. The third kappa shape index (κ3) is 3.24. The molecule has 2 heteroatoms. The fourth-order valence-electron chi connectivity index (χ4n) is 2.98. The van der Waals surface area contributed by atoms with Crippen molar-refractivity contribution in [2.45, 2.75) is 57.5 Å². The van der Waals surface area contributed by atoms with Crippen molar-refractivity contribution in [2.75, 3.05) is 19.6 Å². The molecule has 0 aromatic heterocycles. The van der Waals surface area contributed by atoms with E-state index in [4.69, 9.17) is 6.42 Å². The van der Waals surface area contributed by atoms with Crippen LogP contribution in [0, 0.1) is 18.3 Å². The van der Waals surface area contributed by atoms with Crippen molar-refractivity contribution in [1.29, 1.82) is 0 Å². The standard InChI is InChI=1S/C15H26N2/c1-4-5-6-7-10-17-12-15(3,14-8-9-14)16-11-13(17)2/h1,13-14,16H,5-12H2,2-3H3. The van der Waals surface area contributed by atoms with Crippen molar-refractivity contribution >= 4 is 0 Å². The minimum absolute atomic E-state index is 0.374. The Balaban J connectivity index is 1.80. The summed E-state index contributed by atoms with van der Waals surface area (Å²) < 4.78 is 0. The van der Waals surface area contributed by atoms with Gasteiger partial charge in [0.1, 0.15) is 0 Å². The van der Waals surface area contributed by atoms with E-state index >= 15 is 0 Å². The lowest BCUT2D eigenvalue weighted by molar-refractivity contribution is 0.0820. The van der Waals surface area contributed by atoms with Crippen LogP contribution in [0.4, 0.5) is 0 Å². The largest absolute Gasteiger partial charge is 0.308 e. The molecule has 2 atom stereocenters. The Kier molecular flexibility index (Phi) is 4.12. The van der Waals surface area contributed by atoms with E-state index in [1.54, 1.807) is 0 Å². The van der Waals surface area contributed by atoms with E-state index in [0.717, 1.165) is 18.9 Å². The van der Waals surface area contributed by atoms with E-state index in [0.29, 0.717) is 11.6 Å². The van der Waals surface area contributed by atoms with Crippen LogP contribution in [0.3, 0.4) is 0 Å². The van der Waals surface area contributed by atoms with Crippen molar-refractivity contribution in [3.63, 3.8) is 0 Å². The molecule has 0 aromatic carbocycles. The number of hydrogen-bond donors (Lipinski definition) is 1. The zero-order chi connectivity index (χ0) is 12.3. The second-order valence-corrected chi connectivity index (χ2v) is 6.05. The van der Waals surface area contributed by atoms with E-state index in [1.165, 1.54) is 38.8 Å². The van der Waals surface area contributed by atoms with Crippen LogP contribution in [-0.4, -0.2) is 36.1 Å². The third-order valence-electron chi connectivity index (χ3n) is 4.45. The third-order valence-corrected chi connectivity index (χ3v) is 4.45. The molecule has 2 rings (SSSR count). The lowest BCUT2D eigenvalue weighted by atomic mass is 9.91. The van der Waals surface area contributed by atoms with Crippen LogP contribution in [0.1, 0.15) is 46.0 Å². The molecule has 1 N–H and O–H groups in total. The molecule has 1 saturated carbocycles. The van der Waals surface area contributed by atoms with Crippen LogP contribution >= 0.6 is 0 Å². The van der Waals surface area contributed by atoms with Gasteiger partial charge in [0, 0.05) is 31.1 Å². The van der Waals surface area contributed by atoms with Crippen molar-refractivity contribution in [1.82, 2.24) is 10.2 Å². The summed E-state index contributed by atoms with van der Waals surface area (Å²) in [5.41, 5.74) is 0.374. The number of hydrogen-bond acceptors (Lipinski definition) is 2.